The Kier molecular flexibility index (Phi) is 3.45. The van der Waals surface area contributed by atoms with Gasteiger partial charge in [0.1, 0.15) is 5.82 Å². The minimum atomic E-state index is -0.551. The molecule has 1 aliphatic rings. The highest BCUT2D eigenvalue weighted by atomic mass is 19.1. The van der Waals surface area contributed by atoms with Crippen LogP contribution in [-0.4, -0.2) is 18.2 Å². The molecule has 1 aliphatic heterocycles. The molecule has 0 fully saturated rings. The van der Waals surface area contributed by atoms with E-state index >= 15 is 0 Å². The van der Waals surface area contributed by atoms with Gasteiger partial charge < -0.3 is 10.0 Å². The number of hydrogen-bond acceptors (Lipinski definition) is 2. The van der Waals surface area contributed by atoms with Crippen LogP contribution in [-0.2, 0) is 6.42 Å². The van der Waals surface area contributed by atoms with Gasteiger partial charge in [0, 0.05) is 18.8 Å². The van der Waals surface area contributed by atoms with Crippen LogP contribution in [0.3, 0.4) is 0 Å². The van der Waals surface area contributed by atoms with Gasteiger partial charge in [-0.05, 0) is 36.6 Å². The van der Waals surface area contributed by atoms with Crippen molar-refractivity contribution in [1.29, 1.82) is 0 Å². The van der Waals surface area contributed by atoms with Crippen LogP contribution in [0.15, 0.2) is 42.5 Å². The van der Waals surface area contributed by atoms with Crippen LogP contribution in [0.4, 0.5) is 10.1 Å². The summed E-state index contributed by atoms with van der Waals surface area (Å²) in [7, 11) is 0. The topological polar surface area (TPSA) is 23.5 Å². The predicted octanol–water partition coefficient (Wildman–Crippen LogP) is 3.23. The van der Waals surface area contributed by atoms with E-state index in [2.05, 4.69) is 4.90 Å². The van der Waals surface area contributed by atoms with Gasteiger partial charge in [-0.1, -0.05) is 35.9 Å². The number of halogens is 1. The summed E-state index contributed by atoms with van der Waals surface area (Å²) in [6, 6.07) is 12.8. The Morgan fingerprint density at radius 1 is 1.20 bits per heavy atom. The Labute approximate surface area is 118 Å². The minimum absolute atomic E-state index is 0.222. The van der Waals surface area contributed by atoms with Crippen LogP contribution in [0.25, 0.3) is 0 Å². The van der Waals surface area contributed by atoms with Gasteiger partial charge in [0.05, 0.1) is 6.10 Å². The maximum Gasteiger partial charge on any atom is 0.125 e. The molecule has 0 aliphatic carbocycles. The Morgan fingerprint density at radius 2 is 1.95 bits per heavy atom. The lowest BCUT2D eigenvalue weighted by Gasteiger charge is -2.23. The van der Waals surface area contributed by atoms with Gasteiger partial charge in [0.25, 0.3) is 0 Å². The van der Waals surface area contributed by atoms with Crippen molar-refractivity contribution in [3.8, 4) is 0 Å². The zero-order valence-electron chi connectivity index (χ0n) is 11.5. The molecule has 0 saturated heterocycles. The normalized spacial score (nSPS) is 15.2. The molecular formula is C17H18FNO. The standard InChI is InChI=1S/C17H18FNO/c1-12-2-4-14(5-3-12)17(20)11-19-9-8-13-6-7-15(18)10-16(13)19/h2-7,10,17,20H,8-9,11H2,1H3. The number of rotatable bonds is 3. The summed E-state index contributed by atoms with van der Waals surface area (Å²) in [4.78, 5) is 2.06. The first-order valence-corrected chi connectivity index (χ1v) is 6.91. The number of aryl methyl sites for hydroxylation is 1. The van der Waals surface area contributed by atoms with Crippen molar-refractivity contribution in [1.82, 2.24) is 0 Å². The van der Waals surface area contributed by atoms with Gasteiger partial charge in [-0.3, -0.25) is 0 Å². The van der Waals surface area contributed by atoms with Crippen LogP contribution in [0.1, 0.15) is 22.8 Å². The van der Waals surface area contributed by atoms with Gasteiger partial charge in [0.15, 0.2) is 0 Å². The maximum absolute atomic E-state index is 13.4. The Bertz CT molecular complexity index is 609. The van der Waals surface area contributed by atoms with Crippen LogP contribution in [0, 0.1) is 12.7 Å². The van der Waals surface area contributed by atoms with E-state index < -0.39 is 6.10 Å². The number of β-amino-alcohol motifs (C(OH)–C–C–N with tert-alkyl or cyclic N) is 1. The van der Waals surface area contributed by atoms with Gasteiger partial charge in [-0.25, -0.2) is 4.39 Å². The largest absolute Gasteiger partial charge is 0.387 e. The Balaban J connectivity index is 1.76. The van der Waals surface area contributed by atoms with E-state index in [-0.39, 0.29) is 5.82 Å². The summed E-state index contributed by atoms with van der Waals surface area (Å²) in [6.07, 6.45) is 0.362. The molecule has 0 radical (unpaired) electrons. The summed E-state index contributed by atoms with van der Waals surface area (Å²) in [5.74, 6) is -0.222. The third-order valence-electron chi connectivity index (χ3n) is 3.89. The monoisotopic (exact) mass is 271 g/mol. The number of aliphatic hydroxyl groups excluding tert-OH is 1. The lowest BCUT2D eigenvalue weighted by molar-refractivity contribution is 0.184. The molecule has 104 valence electrons. The lowest BCUT2D eigenvalue weighted by Crippen LogP contribution is -2.26. The van der Waals surface area contributed by atoms with Crippen LogP contribution < -0.4 is 4.90 Å². The molecule has 3 heteroatoms. The molecule has 1 N–H and O–H groups in total. The average Bonchev–Trinajstić information content (AvgIpc) is 2.82. The van der Waals surface area contributed by atoms with Crippen molar-refractivity contribution in [2.75, 3.05) is 18.0 Å². The SMILES string of the molecule is Cc1ccc(C(O)CN2CCc3ccc(F)cc32)cc1. The molecule has 20 heavy (non-hydrogen) atoms. The summed E-state index contributed by atoms with van der Waals surface area (Å²) in [5, 5.41) is 10.3. The Morgan fingerprint density at radius 3 is 2.70 bits per heavy atom. The molecule has 0 spiro atoms. The number of aliphatic hydroxyl groups is 1. The fraction of sp³-hybridized carbons (Fsp3) is 0.294. The first-order chi connectivity index (χ1) is 9.63. The second kappa shape index (κ2) is 5.25. The maximum atomic E-state index is 13.4. The van der Waals surface area contributed by atoms with E-state index in [1.54, 1.807) is 6.07 Å². The van der Waals surface area contributed by atoms with Gasteiger partial charge in [-0.2, -0.15) is 0 Å². The zero-order valence-corrected chi connectivity index (χ0v) is 11.5. The van der Waals surface area contributed by atoms with Gasteiger partial charge in [-0.15, -0.1) is 0 Å². The summed E-state index contributed by atoms with van der Waals surface area (Å²) < 4.78 is 13.4. The lowest BCUT2D eigenvalue weighted by atomic mass is 10.1. The smallest absolute Gasteiger partial charge is 0.125 e. The molecule has 1 unspecified atom stereocenters. The summed E-state index contributed by atoms with van der Waals surface area (Å²) in [6.45, 7) is 3.36. The van der Waals surface area contributed by atoms with E-state index in [0.29, 0.717) is 6.54 Å². The van der Waals surface area contributed by atoms with Crippen molar-refractivity contribution in [2.24, 2.45) is 0 Å². The number of benzene rings is 2. The molecule has 0 saturated carbocycles. The third kappa shape index (κ3) is 2.54. The van der Waals surface area contributed by atoms with Gasteiger partial charge in [0.2, 0.25) is 0 Å². The number of fused-ring (bicyclic) bond motifs is 1. The molecular weight excluding hydrogens is 253 g/mol. The number of anilines is 1. The van der Waals surface area contributed by atoms with Crippen LogP contribution >= 0.6 is 0 Å². The summed E-state index contributed by atoms with van der Waals surface area (Å²) >= 11 is 0. The average molecular weight is 271 g/mol. The zero-order chi connectivity index (χ0) is 14.1. The minimum Gasteiger partial charge on any atom is -0.387 e. The van der Waals surface area contributed by atoms with Crippen LogP contribution in [0.2, 0.25) is 0 Å². The molecule has 2 aromatic rings. The van der Waals surface area contributed by atoms with Crippen molar-refractivity contribution < 1.29 is 9.50 Å². The fourth-order valence-electron chi connectivity index (χ4n) is 2.71. The third-order valence-corrected chi connectivity index (χ3v) is 3.89. The molecule has 1 heterocycles. The molecule has 0 bridgehead atoms. The van der Waals surface area contributed by atoms with E-state index in [1.807, 2.05) is 37.3 Å². The van der Waals surface area contributed by atoms with Crippen LogP contribution in [0.5, 0.6) is 0 Å². The van der Waals surface area contributed by atoms with Crippen molar-refractivity contribution >= 4 is 5.69 Å². The van der Waals surface area contributed by atoms with E-state index in [1.165, 1.54) is 11.6 Å². The van der Waals surface area contributed by atoms with E-state index in [0.717, 1.165) is 29.8 Å². The van der Waals surface area contributed by atoms with Gasteiger partial charge >= 0.3 is 0 Å². The van der Waals surface area contributed by atoms with Crippen molar-refractivity contribution in [3.05, 3.63) is 65.0 Å². The highest BCUT2D eigenvalue weighted by Gasteiger charge is 2.22. The number of hydrogen-bond donors (Lipinski definition) is 1. The van der Waals surface area contributed by atoms with E-state index in [4.69, 9.17) is 0 Å². The highest BCUT2D eigenvalue weighted by molar-refractivity contribution is 5.58. The second-order valence-electron chi connectivity index (χ2n) is 5.40. The molecule has 2 nitrogen and oxygen atoms in total. The highest BCUT2D eigenvalue weighted by Crippen LogP contribution is 2.30. The van der Waals surface area contributed by atoms with Crippen molar-refractivity contribution in [2.45, 2.75) is 19.4 Å². The molecule has 1 atom stereocenters. The summed E-state index contributed by atoms with van der Waals surface area (Å²) in [5.41, 5.74) is 4.15. The quantitative estimate of drug-likeness (QED) is 0.926. The Hall–Kier alpha value is -1.87. The molecule has 2 aromatic carbocycles. The molecule has 3 rings (SSSR count). The first kappa shape index (κ1) is 13.1. The fourth-order valence-corrected chi connectivity index (χ4v) is 2.71. The number of nitrogens with zero attached hydrogens (tertiary/aromatic N) is 1. The second-order valence-corrected chi connectivity index (χ2v) is 5.40. The first-order valence-electron chi connectivity index (χ1n) is 6.91. The predicted molar refractivity (Wildman–Crippen MR) is 78.5 cm³/mol. The van der Waals surface area contributed by atoms with Crippen molar-refractivity contribution in [3.63, 3.8) is 0 Å². The molecule has 0 aromatic heterocycles. The molecule has 0 amide bonds. The van der Waals surface area contributed by atoms with E-state index in [9.17, 15) is 9.50 Å².